The van der Waals surface area contributed by atoms with E-state index in [9.17, 15) is 46.6 Å². The number of hydrogen-bond acceptors (Lipinski definition) is 13. The topological polar surface area (TPSA) is 222 Å². The van der Waals surface area contributed by atoms with Gasteiger partial charge < -0.3 is 36.2 Å². The third kappa shape index (κ3) is 13.9. The lowest BCUT2D eigenvalue weighted by Crippen LogP contribution is -2.35. The second-order valence-corrected chi connectivity index (χ2v) is 18.8. The number of halogens is 4. The Hall–Kier alpha value is -8.89. The third-order valence-electron chi connectivity index (χ3n) is 13.7. The molecule has 0 spiro atoms. The predicted octanol–water partition coefficient (Wildman–Crippen LogP) is 8.53. The van der Waals surface area contributed by atoms with Crippen molar-refractivity contribution in [2.75, 3.05) is 76.6 Å². The van der Waals surface area contributed by atoms with Crippen LogP contribution in [0.25, 0.3) is 56.0 Å². The van der Waals surface area contributed by atoms with Crippen molar-refractivity contribution in [2.45, 2.75) is 54.4 Å². The van der Waals surface area contributed by atoms with Gasteiger partial charge in [0, 0.05) is 59.7 Å². The fraction of sp³-hybridized carbons (Fsp3) is 0.305. The quantitative estimate of drug-likeness (QED) is 0.0317. The molecule has 5 N–H and O–H groups in total. The van der Waals surface area contributed by atoms with Crippen molar-refractivity contribution in [3.05, 3.63) is 163 Å². The summed E-state index contributed by atoms with van der Waals surface area (Å²) >= 11 is 0. The van der Waals surface area contributed by atoms with E-state index in [0.29, 0.717) is 46.4 Å². The molecule has 0 aliphatic heterocycles. The molecule has 0 saturated heterocycles. The van der Waals surface area contributed by atoms with Crippen molar-refractivity contribution < 1.29 is 37.1 Å². The third-order valence-corrected chi connectivity index (χ3v) is 13.7. The molecule has 4 aromatic carbocycles. The standard InChI is InChI=1S/C31H35F2N7O3.C28H29F2N5O3/c1-5-39(6-2)16-8-15-35-31-37-27(22-17-20(12-11-19(22)3)30(43)36-18-25(41)34-4)21-13-14-26(42)40(29(21)38-31)28-23(32)9-7-10-24(28)33;1-4-34(5-2)15-7-14-31-28-32-24(20-16-18(27(37)38)11-10-17(20)3)19-12-13-23(36)35(26(19)33-28)25-21(29)8-6-9-22(25)30/h7,9-14,17H,5-6,8,15-16,18H2,1-4H3,(H,34,41)(H,36,43)(H,35,37,38);6,8-13,16H,4-5,7,14-15H2,1-3H3,(H,37,38)(H,31,32,33). The summed E-state index contributed by atoms with van der Waals surface area (Å²) in [5.41, 5.74) is 1.13. The summed E-state index contributed by atoms with van der Waals surface area (Å²) in [6.07, 6.45) is 1.57. The number of carboxylic acids is 1. The number of amides is 2. The second-order valence-electron chi connectivity index (χ2n) is 18.8. The number of nitrogens with zero attached hydrogens (tertiary/aromatic N) is 8. The Labute approximate surface area is 464 Å². The van der Waals surface area contributed by atoms with E-state index in [1.165, 1.54) is 55.6 Å². The van der Waals surface area contributed by atoms with Crippen LogP contribution in [0.4, 0.5) is 29.5 Å². The van der Waals surface area contributed by atoms with E-state index < -0.39 is 57.6 Å². The van der Waals surface area contributed by atoms with Gasteiger partial charge in [0.1, 0.15) is 34.6 Å². The molecule has 81 heavy (non-hydrogen) atoms. The van der Waals surface area contributed by atoms with Crippen LogP contribution in [0.1, 0.15) is 72.4 Å². The monoisotopic (exact) mass is 1110 g/mol. The van der Waals surface area contributed by atoms with Crippen LogP contribution in [0.2, 0.25) is 0 Å². The minimum Gasteiger partial charge on any atom is -0.478 e. The fourth-order valence-electron chi connectivity index (χ4n) is 9.10. The van der Waals surface area contributed by atoms with Crippen molar-refractivity contribution in [2.24, 2.45) is 0 Å². The van der Waals surface area contributed by atoms with Gasteiger partial charge in [-0.3, -0.25) is 28.3 Å². The lowest BCUT2D eigenvalue weighted by atomic mass is 9.99. The van der Waals surface area contributed by atoms with E-state index in [1.54, 1.807) is 31.2 Å². The van der Waals surface area contributed by atoms with E-state index >= 15 is 0 Å². The summed E-state index contributed by atoms with van der Waals surface area (Å²) in [5.74, 6) is -5.29. The molecular formula is C59H64F4N12O6. The van der Waals surface area contributed by atoms with E-state index in [4.69, 9.17) is 4.98 Å². The van der Waals surface area contributed by atoms with Crippen molar-refractivity contribution in [1.82, 2.24) is 49.5 Å². The second kappa shape index (κ2) is 27.3. The molecule has 0 unspecified atom stereocenters. The lowest BCUT2D eigenvalue weighted by Gasteiger charge is -2.18. The zero-order valence-corrected chi connectivity index (χ0v) is 46.1. The van der Waals surface area contributed by atoms with Crippen LogP contribution in [0.15, 0.2) is 107 Å². The van der Waals surface area contributed by atoms with Gasteiger partial charge in [-0.15, -0.1) is 0 Å². The first-order valence-corrected chi connectivity index (χ1v) is 26.6. The van der Waals surface area contributed by atoms with Gasteiger partial charge in [-0.2, -0.15) is 9.97 Å². The first kappa shape index (κ1) is 59.8. The molecule has 0 radical (unpaired) electrons. The van der Waals surface area contributed by atoms with Gasteiger partial charge in [-0.05, 0) is 138 Å². The Morgan fingerprint density at radius 3 is 1.37 bits per heavy atom. The van der Waals surface area contributed by atoms with Crippen LogP contribution in [0.3, 0.4) is 0 Å². The van der Waals surface area contributed by atoms with Gasteiger partial charge >= 0.3 is 5.97 Å². The molecule has 0 atom stereocenters. The maximum absolute atomic E-state index is 15.0. The minimum atomic E-state index is -1.11. The molecule has 2 amide bonds. The Morgan fingerprint density at radius 1 is 0.568 bits per heavy atom. The number of nitrogens with one attached hydrogen (secondary N) is 4. The largest absolute Gasteiger partial charge is 0.478 e. The molecule has 0 aliphatic carbocycles. The fourth-order valence-corrected chi connectivity index (χ4v) is 9.10. The first-order chi connectivity index (χ1) is 38.9. The number of likely N-dealkylation sites (N-methyl/N-ethyl adjacent to an activating group) is 1. The van der Waals surface area contributed by atoms with Crippen LogP contribution in [0, 0.1) is 37.1 Å². The van der Waals surface area contributed by atoms with Gasteiger partial charge in [0.05, 0.1) is 23.5 Å². The first-order valence-electron chi connectivity index (χ1n) is 26.6. The van der Waals surface area contributed by atoms with Crippen LogP contribution in [-0.2, 0) is 4.79 Å². The highest BCUT2D eigenvalue weighted by atomic mass is 19.1. The summed E-state index contributed by atoms with van der Waals surface area (Å²) in [6, 6.07) is 21.7. The number of rotatable bonds is 22. The number of carboxylic acid groups (broad SMARTS) is 1. The summed E-state index contributed by atoms with van der Waals surface area (Å²) in [4.78, 5) is 85.3. The van der Waals surface area contributed by atoms with E-state index in [1.807, 2.05) is 6.92 Å². The van der Waals surface area contributed by atoms with Crippen molar-refractivity contribution >= 4 is 51.7 Å². The Morgan fingerprint density at radius 2 is 0.975 bits per heavy atom. The highest BCUT2D eigenvalue weighted by Gasteiger charge is 2.24. The number of aryl methyl sites for hydroxylation is 2. The maximum Gasteiger partial charge on any atom is 0.335 e. The maximum atomic E-state index is 15.0. The number of hydrogen-bond donors (Lipinski definition) is 5. The van der Waals surface area contributed by atoms with Gasteiger partial charge in [-0.1, -0.05) is 52.0 Å². The van der Waals surface area contributed by atoms with Gasteiger partial charge in [-0.25, -0.2) is 32.3 Å². The Kier molecular flexibility index (Phi) is 20.2. The number of para-hydroxylation sites is 2. The number of fused-ring (bicyclic) bond motifs is 2. The summed E-state index contributed by atoms with van der Waals surface area (Å²) in [5, 5.41) is 21.6. The molecular weight excluding hydrogens is 1050 g/mol. The SMILES string of the molecule is CCN(CC)CCCNc1nc(-c2cc(C(=O)NCC(=O)NC)ccc2C)c2ccc(=O)n(-c3c(F)cccc3F)c2n1.CCN(CC)CCCNc1nc(-c2cc(C(=O)O)ccc2C)c2ccc(=O)n(-c3c(F)cccc3F)c2n1. The molecule has 4 heterocycles. The summed E-state index contributed by atoms with van der Waals surface area (Å²) < 4.78 is 61.4. The zero-order chi connectivity index (χ0) is 58.5. The number of pyridine rings is 2. The number of benzene rings is 4. The van der Waals surface area contributed by atoms with Crippen LogP contribution in [-0.4, -0.2) is 128 Å². The van der Waals surface area contributed by atoms with Gasteiger partial charge in [0.2, 0.25) is 17.8 Å². The smallest absolute Gasteiger partial charge is 0.335 e. The molecule has 424 valence electrons. The number of carbonyl (C=O) groups excluding carboxylic acids is 2. The molecule has 0 bridgehead atoms. The molecule has 0 fully saturated rings. The Bertz CT molecular complexity index is 3700. The number of anilines is 2. The minimum absolute atomic E-state index is 0.00149. The number of aromatic nitrogens is 6. The van der Waals surface area contributed by atoms with Crippen LogP contribution in [0.5, 0.6) is 0 Å². The normalized spacial score (nSPS) is 11.2. The van der Waals surface area contributed by atoms with Crippen molar-refractivity contribution in [3.8, 4) is 33.9 Å². The van der Waals surface area contributed by atoms with E-state index in [2.05, 4.69) is 73.7 Å². The Balaban J connectivity index is 0.000000235. The molecule has 18 nitrogen and oxygen atoms in total. The molecule has 4 aromatic heterocycles. The van der Waals surface area contributed by atoms with Crippen molar-refractivity contribution in [3.63, 3.8) is 0 Å². The average molecular weight is 1110 g/mol. The molecule has 22 heteroatoms. The molecule has 8 rings (SSSR count). The van der Waals surface area contributed by atoms with Crippen LogP contribution < -0.4 is 32.4 Å². The summed E-state index contributed by atoms with van der Waals surface area (Å²) in [6.45, 7) is 18.2. The molecule has 0 saturated carbocycles. The lowest BCUT2D eigenvalue weighted by molar-refractivity contribution is -0.119. The van der Waals surface area contributed by atoms with Gasteiger partial charge in [0.25, 0.3) is 17.0 Å². The van der Waals surface area contributed by atoms with E-state index in [-0.39, 0.29) is 46.8 Å². The highest BCUT2D eigenvalue weighted by Crippen LogP contribution is 2.34. The molecule has 8 aromatic rings. The van der Waals surface area contributed by atoms with E-state index in [0.717, 1.165) is 96.6 Å². The molecule has 0 aliphatic rings. The average Bonchev–Trinajstić information content (AvgIpc) is 3.65. The number of carbonyl (C=O) groups is 3. The zero-order valence-electron chi connectivity index (χ0n) is 46.1. The van der Waals surface area contributed by atoms with Crippen molar-refractivity contribution in [1.29, 1.82) is 0 Å². The highest BCUT2D eigenvalue weighted by molar-refractivity contribution is 6.00. The van der Waals surface area contributed by atoms with Gasteiger partial charge in [0.15, 0.2) is 11.3 Å². The number of aromatic carboxylic acids is 1. The van der Waals surface area contributed by atoms with Crippen LogP contribution >= 0.6 is 0 Å². The predicted molar refractivity (Wildman–Crippen MR) is 306 cm³/mol. The summed E-state index contributed by atoms with van der Waals surface area (Å²) in [7, 11) is 1.47.